The molecule has 1 fully saturated rings. The summed E-state index contributed by atoms with van der Waals surface area (Å²) in [6, 6.07) is 19.0. The minimum Gasteiger partial charge on any atom is -0.465 e. The molecule has 3 aromatic carbocycles. The molecule has 1 amide bonds. The van der Waals surface area contributed by atoms with Crippen molar-refractivity contribution < 1.29 is 41.0 Å². The summed E-state index contributed by atoms with van der Waals surface area (Å²) in [5.41, 5.74) is 1.22. The highest BCUT2D eigenvalue weighted by atomic mass is 19.4. The Morgan fingerprint density at radius 3 is 2.21 bits per heavy atom. The Morgan fingerprint density at radius 1 is 0.912 bits per heavy atom. The number of piperidine rings is 1. The number of ether oxygens (including phenoxy) is 2. The van der Waals surface area contributed by atoms with Gasteiger partial charge in [-0.25, -0.2) is 13.8 Å². The molecule has 6 rings (SSSR count). The molecule has 0 unspecified atom stereocenters. The van der Waals surface area contributed by atoms with Crippen LogP contribution in [0.1, 0.15) is 50.6 Å². The standard InChI is InChI=1S/C42H42F5N5O5/c1-4-56-40(55)41(2,3)50-22-19-32(20-23-50)51(25-27-7-9-28(10-8-27)29-12-16-33(17-13-29)57-42(45,46)47)37(53)26-52-36(18-14-30-11-15-31(43)24-35(30)44)49-39(54)34-6-5-21-48-38(34)52/h5-13,15-17,21,24,32H,4,14,18-20,22-23,25-26H2,1-3H3. The van der Waals surface area contributed by atoms with Crippen LogP contribution in [0.25, 0.3) is 22.2 Å². The van der Waals surface area contributed by atoms with Gasteiger partial charge in [0.05, 0.1) is 12.0 Å². The van der Waals surface area contributed by atoms with Crippen molar-refractivity contribution in [2.75, 3.05) is 19.7 Å². The maximum Gasteiger partial charge on any atom is 0.573 e. The number of pyridine rings is 1. The second kappa shape index (κ2) is 17.2. The number of nitrogens with zero attached hydrogens (tertiary/aromatic N) is 5. The van der Waals surface area contributed by atoms with Crippen LogP contribution in [-0.4, -0.2) is 73.9 Å². The van der Waals surface area contributed by atoms with Crippen molar-refractivity contribution in [2.45, 2.75) is 77.5 Å². The van der Waals surface area contributed by atoms with Crippen LogP contribution in [0.15, 0.2) is 89.9 Å². The molecule has 0 spiro atoms. The highest BCUT2D eigenvalue weighted by molar-refractivity contribution is 5.81. The molecule has 3 heterocycles. The Balaban J connectivity index is 1.29. The van der Waals surface area contributed by atoms with Gasteiger partial charge >= 0.3 is 12.3 Å². The van der Waals surface area contributed by atoms with E-state index >= 15 is 0 Å². The van der Waals surface area contributed by atoms with Gasteiger partial charge < -0.3 is 18.9 Å². The summed E-state index contributed by atoms with van der Waals surface area (Å²) < 4.78 is 77.1. The molecule has 0 atom stereocenters. The van der Waals surface area contributed by atoms with Gasteiger partial charge in [-0.15, -0.1) is 13.2 Å². The van der Waals surface area contributed by atoms with Crippen molar-refractivity contribution in [1.29, 1.82) is 0 Å². The van der Waals surface area contributed by atoms with Crippen molar-refractivity contribution in [3.63, 3.8) is 0 Å². The number of hydrogen-bond acceptors (Lipinski definition) is 8. The molecular formula is C42H42F5N5O5. The normalized spacial score (nSPS) is 14.1. The number of likely N-dealkylation sites (tertiary alicyclic amines) is 1. The molecule has 57 heavy (non-hydrogen) atoms. The van der Waals surface area contributed by atoms with Crippen LogP contribution in [0.3, 0.4) is 0 Å². The maximum atomic E-state index is 14.6. The van der Waals surface area contributed by atoms with E-state index in [1.54, 1.807) is 28.5 Å². The molecule has 0 aliphatic carbocycles. The van der Waals surface area contributed by atoms with Gasteiger partial charge in [0, 0.05) is 44.4 Å². The van der Waals surface area contributed by atoms with Crippen molar-refractivity contribution >= 4 is 22.9 Å². The number of esters is 1. The monoisotopic (exact) mass is 791 g/mol. The topological polar surface area (TPSA) is 107 Å². The maximum absolute atomic E-state index is 14.6. The SMILES string of the molecule is CCOC(=O)C(C)(C)N1CCC(N(Cc2ccc(-c3ccc(OC(F)(F)F)cc3)cc2)C(=O)Cn2c(CCc3ccc(F)cc3F)nc(=O)c3cccnc32)CC1. The predicted octanol–water partition coefficient (Wildman–Crippen LogP) is 7.26. The summed E-state index contributed by atoms with van der Waals surface area (Å²) in [6.07, 6.45) is -2.08. The third kappa shape index (κ3) is 9.82. The van der Waals surface area contributed by atoms with E-state index < -0.39 is 29.1 Å². The van der Waals surface area contributed by atoms with E-state index in [1.165, 1.54) is 36.5 Å². The lowest BCUT2D eigenvalue weighted by Crippen LogP contribution is -2.56. The molecular weight excluding hydrogens is 749 g/mol. The Labute approximate surface area is 325 Å². The largest absolute Gasteiger partial charge is 0.573 e. The second-order valence-electron chi connectivity index (χ2n) is 14.3. The lowest BCUT2D eigenvalue weighted by molar-refractivity contribution is -0.274. The third-order valence-corrected chi connectivity index (χ3v) is 10.3. The van der Waals surface area contributed by atoms with Gasteiger partial charge in [-0.2, -0.15) is 4.98 Å². The highest BCUT2D eigenvalue weighted by Gasteiger charge is 2.40. The first-order chi connectivity index (χ1) is 27.1. The number of carbonyl (C=O) groups is 2. The van der Waals surface area contributed by atoms with Crippen molar-refractivity contribution in [3.8, 4) is 16.9 Å². The molecule has 1 aliphatic heterocycles. The van der Waals surface area contributed by atoms with E-state index in [2.05, 4.69) is 14.7 Å². The van der Waals surface area contributed by atoms with Crippen LogP contribution in [0.5, 0.6) is 5.75 Å². The van der Waals surface area contributed by atoms with Crippen LogP contribution in [-0.2, 0) is 40.3 Å². The zero-order valence-corrected chi connectivity index (χ0v) is 31.7. The molecule has 0 radical (unpaired) electrons. The fourth-order valence-electron chi connectivity index (χ4n) is 7.14. The zero-order chi connectivity index (χ0) is 40.9. The van der Waals surface area contributed by atoms with Crippen LogP contribution >= 0.6 is 0 Å². The third-order valence-electron chi connectivity index (χ3n) is 10.3. The number of alkyl halides is 3. The van der Waals surface area contributed by atoms with Crippen LogP contribution < -0.4 is 10.3 Å². The number of benzene rings is 3. The Bertz CT molecular complexity index is 2270. The van der Waals surface area contributed by atoms with Gasteiger partial charge in [-0.05, 0) is 92.6 Å². The van der Waals surface area contributed by atoms with Crippen LogP contribution in [0.2, 0.25) is 0 Å². The highest BCUT2D eigenvalue weighted by Crippen LogP contribution is 2.29. The quantitative estimate of drug-likeness (QED) is 0.0907. The molecule has 15 heteroatoms. The van der Waals surface area contributed by atoms with E-state index in [-0.39, 0.29) is 78.6 Å². The first kappa shape index (κ1) is 40.9. The van der Waals surface area contributed by atoms with E-state index in [1.807, 2.05) is 43.0 Å². The van der Waals surface area contributed by atoms with Crippen LogP contribution in [0.4, 0.5) is 22.0 Å². The fraction of sp³-hybridized carbons (Fsp3) is 0.357. The van der Waals surface area contributed by atoms with Crippen molar-refractivity contribution in [2.24, 2.45) is 0 Å². The number of halogens is 5. The van der Waals surface area contributed by atoms with E-state index in [0.29, 0.717) is 31.5 Å². The van der Waals surface area contributed by atoms with E-state index in [9.17, 15) is 36.3 Å². The summed E-state index contributed by atoms with van der Waals surface area (Å²) in [5, 5.41) is 0.205. The molecule has 2 aromatic heterocycles. The van der Waals surface area contributed by atoms with Gasteiger partial charge in [0.15, 0.2) is 0 Å². The second-order valence-corrected chi connectivity index (χ2v) is 14.3. The number of carbonyl (C=O) groups excluding carboxylic acids is 2. The number of rotatable bonds is 13. The summed E-state index contributed by atoms with van der Waals surface area (Å²) in [7, 11) is 0. The summed E-state index contributed by atoms with van der Waals surface area (Å²) in [5.74, 6) is -2.21. The summed E-state index contributed by atoms with van der Waals surface area (Å²) >= 11 is 0. The minimum atomic E-state index is -4.80. The van der Waals surface area contributed by atoms with Gasteiger partial charge in [0.2, 0.25) is 5.91 Å². The summed E-state index contributed by atoms with van der Waals surface area (Å²) in [6.45, 7) is 6.59. The lowest BCUT2D eigenvalue weighted by atomic mass is 9.95. The average Bonchev–Trinajstić information content (AvgIpc) is 3.18. The number of aryl methyl sites for hydroxylation is 2. The Morgan fingerprint density at radius 2 is 1.58 bits per heavy atom. The number of aromatic nitrogens is 3. The number of hydrogen-bond donors (Lipinski definition) is 0. The number of amides is 1. The molecule has 1 aliphatic rings. The molecule has 0 N–H and O–H groups in total. The van der Waals surface area contributed by atoms with Crippen molar-refractivity contribution in [1.82, 2.24) is 24.3 Å². The summed E-state index contributed by atoms with van der Waals surface area (Å²) in [4.78, 5) is 53.1. The molecule has 0 bridgehead atoms. The average molecular weight is 792 g/mol. The molecule has 0 saturated carbocycles. The predicted molar refractivity (Wildman–Crippen MR) is 202 cm³/mol. The van der Waals surface area contributed by atoms with Crippen molar-refractivity contribution in [3.05, 3.63) is 124 Å². The smallest absolute Gasteiger partial charge is 0.465 e. The fourth-order valence-corrected chi connectivity index (χ4v) is 7.14. The Kier molecular flexibility index (Phi) is 12.4. The molecule has 10 nitrogen and oxygen atoms in total. The minimum absolute atomic E-state index is 0.0592. The van der Waals surface area contributed by atoms with E-state index in [4.69, 9.17) is 4.74 Å². The first-order valence-corrected chi connectivity index (χ1v) is 18.6. The number of fused-ring (bicyclic) bond motifs is 1. The van der Waals surface area contributed by atoms with Gasteiger partial charge in [-0.3, -0.25) is 19.3 Å². The van der Waals surface area contributed by atoms with Gasteiger partial charge in [-0.1, -0.05) is 42.5 Å². The zero-order valence-electron chi connectivity index (χ0n) is 31.7. The van der Waals surface area contributed by atoms with E-state index in [0.717, 1.165) is 23.3 Å². The Hall–Kier alpha value is -5.70. The first-order valence-electron chi connectivity index (χ1n) is 18.6. The molecule has 300 valence electrons. The van der Waals surface area contributed by atoms with Gasteiger partial charge in [0.25, 0.3) is 5.56 Å². The molecule has 5 aromatic rings. The van der Waals surface area contributed by atoms with Crippen LogP contribution in [0, 0.1) is 11.6 Å². The lowest BCUT2D eigenvalue weighted by Gasteiger charge is -2.44. The van der Waals surface area contributed by atoms with Gasteiger partial charge in [0.1, 0.15) is 40.9 Å². The molecule has 1 saturated heterocycles.